The number of nitrogens with one attached hydrogen (secondary N) is 2. The van der Waals surface area contributed by atoms with Gasteiger partial charge in [-0.2, -0.15) is 0 Å². The van der Waals surface area contributed by atoms with Gasteiger partial charge in [-0.25, -0.2) is 4.39 Å². The molecule has 1 unspecified atom stereocenters. The molecule has 1 heterocycles. The van der Waals surface area contributed by atoms with Crippen LogP contribution in [0.15, 0.2) is 18.2 Å². The van der Waals surface area contributed by atoms with E-state index in [0.29, 0.717) is 6.04 Å². The third-order valence-electron chi connectivity index (χ3n) is 2.35. The van der Waals surface area contributed by atoms with E-state index in [2.05, 4.69) is 10.6 Å². The van der Waals surface area contributed by atoms with Crippen molar-refractivity contribution in [2.75, 3.05) is 18.4 Å². The van der Waals surface area contributed by atoms with Gasteiger partial charge in [-0.05, 0) is 31.2 Å². The van der Waals surface area contributed by atoms with Crippen molar-refractivity contribution in [2.45, 2.75) is 12.5 Å². The van der Waals surface area contributed by atoms with E-state index in [1.54, 1.807) is 12.1 Å². The lowest BCUT2D eigenvalue weighted by molar-refractivity contribution is 0.628. The molecule has 0 amide bonds. The molecule has 2 nitrogen and oxygen atoms in total. The van der Waals surface area contributed by atoms with Gasteiger partial charge in [0.15, 0.2) is 0 Å². The molecule has 1 aromatic rings. The van der Waals surface area contributed by atoms with Crippen molar-refractivity contribution in [1.29, 1.82) is 0 Å². The highest BCUT2D eigenvalue weighted by atomic mass is 35.5. The fourth-order valence-corrected chi connectivity index (χ4v) is 1.78. The third-order valence-corrected chi connectivity index (χ3v) is 2.64. The highest BCUT2D eigenvalue weighted by Crippen LogP contribution is 2.20. The second kappa shape index (κ2) is 4.15. The summed E-state index contributed by atoms with van der Waals surface area (Å²) in [7, 11) is 0. The smallest absolute Gasteiger partial charge is 0.141 e. The number of halogens is 2. The lowest BCUT2D eigenvalue weighted by Gasteiger charge is -2.12. The number of anilines is 1. The molecule has 1 fully saturated rings. The summed E-state index contributed by atoms with van der Waals surface area (Å²) in [6, 6.07) is 5.14. The highest BCUT2D eigenvalue weighted by molar-refractivity contribution is 6.31. The van der Waals surface area contributed by atoms with Crippen LogP contribution >= 0.6 is 11.6 Å². The van der Waals surface area contributed by atoms with Crippen LogP contribution in [0.4, 0.5) is 10.1 Å². The minimum absolute atomic E-state index is 0.168. The zero-order chi connectivity index (χ0) is 9.97. The van der Waals surface area contributed by atoms with Gasteiger partial charge < -0.3 is 10.6 Å². The Bertz CT molecular complexity index is 324. The van der Waals surface area contributed by atoms with Crippen LogP contribution in [-0.4, -0.2) is 19.1 Å². The normalized spacial score (nSPS) is 21.1. The molecule has 1 aliphatic heterocycles. The second-order valence-electron chi connectivity index (χ2n) is 3.46. The maximum absolute atomic E-state index is 12.8. The van der Waals surface area contributed by atoms with Crippen molar-refractivity contribution in [3.05, 3.63) is 29.0 Å². The van der Waals surface area contributed by atoms with Gasteiger partial charge >= 0.3 is 0 Å². The SMILES string of the molecule is Fc1ccc(NC2CCNC2)cc1Cl. The number of hydrogen-bond donors (Lipinski definition) is 2. The molecule has 14 heavy (non-hydrogen) atoms. The molecule has 1 aromatic carbocycles. The molecule has 0 aliphatic carbocycles. The molecule has 0 saturated carbocycles. The first-order valence-electron chi connectivity index (χ1n) is 4.68. The van der Waals surface area contributed by atoms with E-state index < -0.39 is 0 Å². The Morgan fingerprint density at radius 1 is 1.50 bits per heavy atom. The van der Waals surface area contributed by atoms with Crippen molar-refractivity contribution in [2.24, 2.45) is 0 Å². The van der Waals surface area contributed by atoms with Gasteiger partial charge in [0.25, 0.3) is 0 Å². The monoisotopic (exact) mass is 214 g/mol. The Morgan fingerprint density at radius 3 is 3.00 bits per heavy atom. The fraction of sp³-hybridized carbons (Fsp3) is 0.400. The first kappa shape index (κ1) is 9.74. The Kier molecular flexibility index (Phi) is 2.89. The van der Waals surface area contributed by atoms with Gasteiger partial charge in [0.1, 0.15) is 5.82 Å². The maximum Gasteiger partial charge on any atom is 0.141 e. The first-order valence-corrected chi connectivity index (χ1v) is 5.06. The quantitative estimate of drug-likeness (QED) is 0.789. The maximum atomic E-state index is 12.8. The van der Waals surface area contributed by atoms with Crippen LogP contribution in [0.1, 0.15) is 6.42 Å². The van der Waals surface area contributed by atoms with Crippen LogP contribution in [0, 0.1) is 5.82 Å². The molecule has 76 valence electrons. The summed E-state index contributed by atoms with van der Waals surface area (Å²) >= 11 is 5.67. The van der Waals surface area contributed by atoms with E-state index in [9.17, 15) is 4.39 Å². The Balaban J connectivity index is 2.05. The van der Waals surface area contributed by atoms with Crippen molar-refractivity contribution in [3.8, 4) is 0 Å². The van der Waals surface area contributed by atoms with E-state index in [4.69, 9.17) is 11.6 Å². The van der Waals surface area contributed by atoms with Crippen LogP contribution in [0.5, 0.6) is 0 Å². The molecule has 2 N–H and O–H groups in total. The highest BCUT2D eigenvalue weighted by Gasteiger charge is 2.13. The second-order valence-corrected chi connectivity index (χ2v) is 3.87. The molecule has 2 rings (SSSR count). The Labute approximate surface area is 87.5 Å². The lowest BCUT2D eigenvalue weighted by atomic mass is 10.2. The molecular weight excluding hydrogens is 203 g/mol. The number of benzene rings is 1. The van der Waals surface area contributed by atoms with Crippen molar-refractivity contribution in [1.82, 2.24) is 5.32 Å². The van der Waals surface area contributed by atoms with Gasteiger partial charge in [0.2, 0.25) is 0 Å². The van der Waals surface area contributed by atoms with Gasteiger partial charge in [-0.15, -0.1) is 0 Å². The third kappa shape index (κ3) is 2.16. The van der Waals surface area contributed by atoms with Crippen molar-refractivity contribution < 1.29 is 4.39 Å². The van der Waals surface area contributed by atoms with Crippen molar-refractivity contribution >= 4 is 17.3 Å². The van der Waals surface area contributed by atoms with Gasteiger partial charge in [-0.3, -0.25) is 0 Å². The summed E-state index contributed by atoms with van der Waals surface area (Å²) in [6.07, 6.45) is 1.09. The fourth-order valence-electron chi connectivity index (χ4n) is 1.60. The summed E-state index contributed by atoms with van der Waals surface area (Å²) in [4.78, 5) is 0. The summed E-state index contributed by atoms with van der Waals surface area (Å²) in [5, 5.41) is 6.71. The Morgan fingerprint density at radius 2 is 2.36 bits per heavy atom. The van der Waals surface area contributed by atoms with Gasteiger partial charge in [0.05, 0.1) is 5.02 Å². The van der Waals surface area contributed by atoms with Crippen LogP contribution in [0.2, 0.25) is 5.02 Å². The van der Waals surface area contributed by atoms with E-state index in [-0.39, 0.29) is 10.8 Å². The number of rotatable bonds is 2. The molecular formula is C10H12ClFN2. The molecule has 1 atom stereocenters. The van der Waals surface area contributed by atoms with E-state index >= 15 is 0 Å². The van der Waals surface area contributed by atoms with E-state index in [0.717, 1.165) is 25.2 Å². The number of hydrogen-bond acceptors (Lipinski definition) is 2. The minimum atomic E-state index is -0.373. The molecule has 0 aromatic heterocycles. The summed E-state index contributed by atoms with van der Waals surface area (Å²) in [6.45, 7) is 1.99. The summed E-state index contributed by atoms with van der Waals surface area (Å²) in [5.41, 5.74) is 0.880. The summed E-state index contributed by atoms with van der Waals surface area (Å²) in [5.74, 6) is -0.373. The predicted molar refractivity (Wildman–Crippen MR) is 56.3 cm³/mol. The molecule has 0 spiro atoms. The summed E-state index contributed by atoms with van der Waals surface area (Å²) < 4.78 is 12.8. The minimum Gasteiger partial charge on any atom is -0.381 e. The lowest BCUT2D eigenvalue weighted by Crippen LogP contribution is -2.21. The predicted octanol–water partition coefficient (Wildman–Crippen LogP) is 2.25. The molecule has 0 bridgehead atoms. The van der Waals surface area contributed by atoms with Crippen molar-refractivity contribution in [3.63, 3.8) is 0 Å². The zero-order valence-corrected chi connectivity index (χ0v) is 8.44. The van der Waals surface area contributed by atoms with Crippen LogP contribution in [0.3, 0.4) is 0 Å². The molecule has 0 radical (unpaired) electrons. The molecule has 4 heteroatoms. The zero-order valence-electron chi connectivity index (χ0n) is 7.69. The standard InChI is InChI=1S/C10H12ClFN2/c11-9-5-7(1-2-10(9)12)14-8-3-4-13-6-8/h1-2,5,8,13-14H,3-4,6H2. The van der Waals surface area contributed by atoms with Crippen LogP contribution in [0.25, 0.3) is 0 Å². The molecule has 1 aliphatic rings. The van der Waals surface area contributed by atoms with Crippen LogP contribution < -0.4 is 10.6 Å². The van der Waals surface area contributed by atoms with E-state index in [1.165, 1.54) is 6.07 Å². The first-order chi connectivity index (χ1) is 6.75. The Hall–Kier alpha value is -0.800. The average Bonchev–Trinajstić information content (AvgIpc) is 2.64. The van der Waals surface area contributed by atoms with E-state index in [1.807, 2.05) is 0 Å². The topological polar surface area (TPSA) is 24.1 Å². The largest absolute Gasteiger partial charge is 0.381 e. The average molecular weight is 215 g/mol. The van der Waals surface area contributed by atoms with Gasteiger partial charge in [-0.1, -0.05) is 11.6 Å². The van der Waals surface area contributed by atoms with Crippen LogP contribution in [-0.2, 0) is 0 Å². The molecule has 1 saturated heterocycles. The van der Waals surface area contributed by atoms with Gasteiger partial charge in [0, 0.05) is 18.3 Å².